The Morgan fingerprint density at radius 1 is 1.18 bits per heavy atom. The number of carbonyl (C=O) groups is 4. The molecule has 0 aliphatic carbocycles. The van der Waals surface area contributed by atoms with Crippen LogP contribution in [0, 0.1) is 5.82 Å². The molecule has 1 aromatic carbocycles. The highest BCUT2D eigenvalue weighted by atomic mass is 32.2. The molecule has 2 heterocycles. The fraction of sp³-hybridized carbons (Fsp3) is 0.261. The van der Waals surface area contributed by atoms with Crippen LogP contribution in [0.5, 0.6) is 0 Å². The Morgan fingerprint density at radius 3 is 2.53 bits per heavy atom. The first kappa shape index (κ1) is 29.3. The molecule has 2 aromatic rings. The molecule has 38 heavy (non-hydrogen) atoms. The predicted molar refractivity (Wildman–Crippen MR) is 137 cm³/mol. The third-order valence-electron chi connectivity index (χ3n) is 5.26. The van der Waals surface area contributed by atoms with E-state index in [1.54, 1.807) is 11.4 Å². The fourth-order valence-electron chi connectivity index (χ4n) is 3.36. The summed E-state index contributed by atoms with van der Waals surface area (Å²) >= 11 is 7.36. The predicted octanol–water partition coefficient (Wildman–Crippen LogP) is 4.00. The van der Waals surface area contributed by atoms with Crippen molar-refractivity contribution in [2.75, 3.05) is 6.54 Å². The molecule has 1 atom stereocenters. The van der Waals surface area contributed by atoms with Crippen molar-refractivity contribution in [3.05, 3.63) is 50.8 Å². The Bertz CT molecular complexity index is 1330. The number of thiocarbonyl (C=S) groups is 1. The molecule has 1 aromatic heterocycles. The van der Waals surface area contributed by atoms with Gasteiger partial charge in [-0.15, -0.1) is 11.3 Å². The Hall–Kier alpha value is -3.30. The van der Waals surface area contributed by atoms with Crippen LogP contribution in [-0.2, 0) is 25.4 Å². The number of benzene rings is 1. The van der Waals surface area contributed by atoms with Gasteiger partial charge in [0.15, 0.2) is 0 Å². The molecular formula is C23H19F4N3O5S3. The van der Waals surface area contributed by atoms with Gasteiger partial charge in [0.2, 0.25) is 11.8 Å². The van der Waals surface area contributed by atoms with Gasteiger partial charge in [0, 0.05) is 24.3 Å². The summed E-state index contributed by atoms with van der Waals surface area (Å²) in [5.74, 6) is -4.53. The van der Waals surface area contributed by atoms with Crippen LogP contribution >= 0.6 is 35.3 Å². The number of amides is 3. The normalized spacial score (nSPS) is 15.7. The summed E-state index contributed by atoms with van der Waals surface area (Å²) in [5, 5.41) is 12.7. The molecule has 8 nitrogen and oxygen atoms in total. The Labute approximate surface area is 226 Å². The molecular weight excluding hydrogens is 570 g/mol. The molecule has 3 amide bonds. The van der Waals surface area contributed by atoms with Crippen LogP contribution in [0.3, 0.4) is 0 Å². The molecule has 4 N–H and O–H groups in total. The van der Waals surface area contributed by atoms with Gasteiger partial charge in [-0.25, -0.2) is 4.39 Å². The standard InChI is InChI=1S/C23H19F4N3O5S3/c24-15-2-1-11(8-14(15)23(25,26)27)12-7-13(37-10-12)9-17-21(35)30(22(36)38-17)6-5-18(31)29-16(20(28)34)3-4-19(32)33/h1-2,7-10,16H,3-6H2,(H2,28,34)(H,29,31)(H,32,33)/t16-/m0/s1. The van der Waals surface area contributed by atoms with Gasteiger partial charge >= 0.3 is 12.1 Å². The van der Waals surface area contributed by atoms with E-state index in [0.29, 0.717) is 10.4 Å². The number of nitrogens with zero attached hydrogens (tertiary/aromatic N) is 1. The van der Waals surface area contributed by atoms with Crippen molar-refractivity contribution in [2.24, 2.45) is 5.73 Å². The van der Waals surface area contributed by atoms with Crippen LogP contribution in [0.2, 0.25) is 0 Å². The summed E-state index contributed by atoms with van der Waals surface area (Å²) in [6, 6.07) is 3.07. The number of aliphatic carboxylic acids is 1. The summed E-state index contributed by atoms with van der Waals surface area (Å²) < 4.78 is 52.9. The lowest BCUT2D eigenvalue weighted by Crippen LogP contribution is -2.45. The first-order valence-corrected chi connectivity index (χ1v) is 12.9. The number of hydrogen-bond donors (Lipinski definition) is 3. The van der Waals surface area contributed by atoms with Gasteiger partial charge < -0.3 is 16.2 Å². The fourth-order valence-corrected chi connectivity index (χ4v) is 5.58. The number of carbonyl (C=O) groups excluding carboxylic acids is 3. The minimum Gasteiger partial charge on any atom is -0.481 e. The van der Waals surface area contributed by atoms with Crippen molar-refractivity contribution >= 4 is 69.4 Å². The molecule has 202 valence electrons. The van der Waals surface area contributed by atoms with E-state index in [-0.39, 0.29) is 40.6 Å². The van der Waals surface area contributed by atoms with Gasteiger partial charge in [-0.1, -0.05) is 30.0 Å². The molecule has 15 heteroatoms. The Kier molecular flexibility index (Phi) is 9.27. The average Bonchev–Trinajstić information content (AvgIpc) is 3.38. The molecule has 1 fully saturated rings. The second kappa shape index (κ2) is 12.0. The number of alkyl halides is 3. The highest BCUT2D eigenvalue weighted by Gasteiger charge is 2.35. The summed E-state index contributed by atoms with van der Waals surface area (Å²) in [4.78, 5) is 49.2. The van der Waals surface area contributed by atoms with Crippen molar-refractivity contribution in [3.63, 3.8) is 0 Å². The Balaban J connectivity index is 1.66. The largest absolute Gasteiger partial charge is 0.481 e. The molecule has 0 radical (unpaired) electrons. The lowest BCUT2D eigenvalue weighted by atomic mass is 10.0. The van der Waals surface area contributed by atoms with Crippen LogP contribution in [0.4, 0.5) is 17.6 Å². The van der Waals surface area contributed by atoms with Crippen LogP contribution in [-0.4, -0.2) is 50.6 Å². The molecule has 3 rings (SSSR count). The molecule has 1 saturated heterocycles. The third kappa shape index (κ3) is 7.39. The molecule has 0 bridgehead atoms. The van der Waals surface area contributed by atoms with Crippen LogP contribution < -0.4 is 11.1 Å². The first-order valence-electron chi connectivity index (χ1n) is 10.8. The number of primary amides is 1. The summed E-state index contributed by atoms with van der Waals surface area (Å²) in [6.45, 7) is -0.107. The van der Waals surface area contributed by atoms with Crippen molar-refractivity contribution in [2.45, 2.75) is 31.5 Å². The van der Waals surface area contributed by atoms with Gasteiger partial charge in [0.05, 0.1) is 10.5 Å². The van der Waals surface area contributed by atoms with E-state index in [1.807, 2.05) is 0 Å². The number of carboxylic acids is 1. The van der Waals surface area contributed by atoms with Gasteiger partial charge in [-0.3, -0.25) is 24.1 Å². The number of nitrogens with one attached hydrogen (secondary N) is 1. The highest BCUT2D eigenvalue weighted by Crippen LogP contribution is 2.37. The maximum atomic E-state index is 13.6. The monoisotopic (exact) mass is 589 g/mol. The number of rotatable bonds is 10. The number of carboxylic acid groups (broad SMARTS) is 1. The maximum Gasteiger partial charge on any atom is 0.419 e. The number of thioether (sulfide) groups is 1. The van der Waals surface area contributed by atoms with Crippen molar-refractivity contribution in [1.29, 1.82) is 0 Å². The minimum absolute atomic E-state index is 0.107. The van der Waals surface area contributed by atoms with Gasteiger partial charge in [-0.2, -0.15) is 13.2 Å². The van der Waals surface area contributed by atoms with E-state index in [9.17, 15) is 36.7 Å². The molecule has 0 spiro atoms. The second-order valence-corrected chi connectivity index (χ2v) is 10.6. The first-order chi connectivity index (χ1) is 17.8. The zero-order valence-electron chi connectivity index (χ0n) is 19.2. The Morgan fingerprint density at radius 2 is 1.89 bits per heavy atom. The molecule has 1 aliphatic rings. The number of thiophene rings is 1. The quantitative estimate of drug-likeness (QED) is 0.217. The lowest BCUT2D eigenvalue weighted by Gasteiger charge is -2.17. The van der Waals surface area contributed by atoms with Gasteiger partial charge in [0.25, 0.3) is 5.91 Å². The van der Waals surface area contributed by atoms with Crippen molar-refractivity contribution in [1.82, 2.24) is 10.2 Å². The smallest absolute Gasteiger partial charge is 0.419 e. The van der Waals surface area contributed by atoms with E-state index in [1.165, 1.54) is 17.0 Å². The third-order valence-corrected chi connectivity index (χ3v) is 7.52. The molecule has 1 aliphatic heterocycles. The average molecular weight is 590 g/mol. The minimum atomic E-state index is -4.84. The number of halogens is 4. The van der Waals surface area contributed by atoms with Crippen molar-refractivity contribution in [3.8, 4) is 11.1 Å². The van der Waals surface area contributed by atoms with Gasteiger partial charge in [0.1, 0.15) is 16.2 Å². The van der Waals surface area contributed by atoms with E-state index in [0.717, 1.165) is 35.2 Å². The van der Waals surface area contributed by atoms with Crippen LogP contribution in [0.25, 0.3) is 17.2 Å². The molecule has 0 unspecified atom stereocenters. The zero-order chi connectivity index (χ0) is 28.2. The summed E-state index contributed by atoms with van der Waals surface area (Å²) in [6.07, 6.45) is -4.12. The highest BCUT2D eigenvalue weighted by molar-refractivity contribution is 8.26. The topological polar surface area (TPSA) is 130 Å². The van der Waals surface area contributed by atoms with E-state index < -0.39 is 47.3 Å². The number of hydrogen-bond acceptors (Lipinski definition) is 7. The molecule has 0 saturated carbocycles. The van der Waals surface area contributed by atoms with Gasteiger partial charge in [-0.05, 0) is 47.2 Å². The SMILES string of the molecule is NC(=O)[C@H](CCC(=O)O)NC(=O)CCN1C(=O)C(=Cc2cc(-c3ccc(F)c(C(F)(F)F)c3)cs2)SC1=S. The zero-order valence-corrected chi connectivity index (χ0v) is 21.7. The van der Waals surface area contributed by atoms with E-state index in [4.69, 9.17) is 23.1 Å². The lowest BCUT2D eigenvalue weighted by molar-refractivity contribution is -0.140. The van der Waals surface area contributed by atoms with Crippen LogP contribution in [0.1, 0.15) is 29.7 Å². The number of nitrogens with two attached hydrogens (primary N) is 1. The summed E-state index contributed by atoms with van der Waals surface area (Å²) in [7, 11) is 0. The van der Waals surface area contributed by atoms with Crippen molar-refractivity contribution < 1.29 is 41.8 Å². The van der Waals surface area contributed by atoms with Crippen LogP contribution in [0.15, 0.2) is 34.6 Å². The van der Waals surface area contributed by atoms with E-state index in [2.05, 4.69) is 5.32 Å². The maximum absolute atomic E-state index is 13.6. The second-order valence-electron chi connectivity index (χ2n) is 7.97. The summed E-state index contributed by atoms with van der Waals surface area (Å²) in [5.41, 5.74) is 4.38. The van der Waals surface area contributed by atoms with E-state index >= 15 is 0 Å².